The molecule has 1 aromatic heterocycles. The van der Waals surface area contributed by atoms with Gasteiger partial charge in [0, 0.05) is 35.0 Å². The maximum Gasteiger partial charge on any atom is 0.287 e. The second kappa shape index (κ2) is 7.80. The number of amides is 4. The Balaban J connectivity index is 1.31. The predicted octanol–water partition coefficient (Wildman–Crippen LogP) is 2.40. The van der Waals surface area contributed by atoms with Gasteiger partial charge in [0.25, 0.3) is 11.8 Å². The highest BCUT2D eigenvalue weighted by atomic mass is 19.1. The number of imide groups is 1. The summed E-state index contributed by atoms with van der Waals surface area (Å²) in [4.78, 5) is 49.9. The molecule has 2 aliphatic rings. The molecule has 10 heteroatoms. The molecular formula is C23H17F2N3O5. The van der Waals surface area contributed by atoms with Gasteiger partial charge < -0.3 is 14.6 Å². The maximum absolute atomic E-state index is 15.2. The fraction of sp³-hybridized carbons (Fsp3) is 0.217. The molecule has 8 nitrogen and oxygen atoms in total. The Morgan fingerprint density at radius 2 is 1.97 bits per heavy atom. The van der Waals surface area contributed by atoms with Crippen molar-refractivity contribution in [3.05, 3.63) is 70.5 Å². The van der Waals surface area contributed by atoms with Crippen LogP contribution in [-0.4, -0.2) is 34.6 Å². The topological polar surface area (TPSA) is 109 Å². The number of carbonyl (C=O) groups excluding carboxylic acids is 4. The quantitative estimate of drug-likeness (QED) is 0.590. The number of piperidine rings is 1. The second-order valence-electron chi connectivity index (χ2n) is 7.94. The van der Waals surface area contributed by atoms with Gasteiger partial charge in [0.2, 0.25) is 11.8 Å². The maximum atomic E-state index is 15.2. The van der Waals surface area contributed by atoms with Crippen LogP contribution in [0.1, 0.15) is 44.9 Å². The first kappa shape index (κ1) is 20.8. The molecule has 3 heterocycles. The highest BCUT2D eigenvalue weighted by Crippen LogP contribution is 2.30. The van der Waals surface area contributed by atoms with Gasteiger partial charge in [-0.3, -0.25) is 24.5 Å². The Labute approximate surface area is 185 Å². The van der Waals surface area contributed by atoms with Crippen molar-refractivity contribution in [1.29, 1.82) is 0 Å². The summed E-state index contributed by atoms with van der Waals surface area (Å²) in [6.45, 7) is -0.279. The van der Waals surface area contributed by atoms with E-state index in [1.54, 1.807) is 0 Å². The zero-order valence-electron chi connectivity index (χ0n) is 17.1. The minimum Gasteiger partial charge on any atom is -0.451 e. The van der Waals surface area contributed by atoms with Crippen LogP contribution in [-0.2, 0) is 22.7 Å². The number of nitrogens with one attached hydrogen (secondary N) is 2. The fourth-order valence-corrected chi connectivity index (χ4v) is 4.18. The van der Waals surface area contributed by atoms with E-state index < -0.39 is 41.3 Å². The molecule has 2 aliphatic heterocycles. The number of halogens is 2. The summed E-state index contributed by atoms with van der Waals surface area (Å²) in [5.41, 5.74) is 0.779. The second-order valence-corrected chi connectivity index (χ2v) is 7.94. The molecule has 2 N–H and O–H groups in total. The van der Waals surface area contributed by atoms with Crippen molar-refractivity contribution < 1.29 is 32.4 Å². The zero-order chi connectivity index (χ0) is 23.3. The van der Waals surface area contributed by atoms with Crippen LogP contribution in [0.2, 0.25) is 0 Å². The molecule has 1 fully saturated rings. The summed E-state index contributed by atoms with van der Waals surface area (Å²) in [5.74, 6) is -3.23. The smallest absolute Gasteiger partial charge is 0.287 e. The number of hydrogen-bond acceptors (Lipinski definition) is 5. The van der Waals surface area contributed by atoms with Gasteiger partial charge in [0.15, 0.2) is 5.76 Å². The summed E-state index contributed by atoms with van der Waals surface area (Å²) in [6, 6.07) is 7.26. The van der Waals surface area contributed by atoms with Gasteiger partial charge >= 0.3 is 0 Å². The van der Waals surface area contributed by atoms with Gasteiger partial charge in [-0.15, -0.1) is 0 Å². The molecule has 1 unspecified atom stereocenters. The lowest BCUT2D eigenvalue weighted by Crippen LogP contribution is -2.52. The average Bonchev–Trinajstić information content (AvgIpc) is 3.35. The summed E-state index contributed by atoms with van der Waals surface area (Å²) in [5, 5.41) is 5.18. The van der Waals surface area contributed by atoms with Crippen molar-refractivity contribution in [3.8, 4) is 0 Å². The summed E-state index contributed by atoms with van der Waals surface area (Å²) in [6.07, 6.45) is 0.279. The van der Waals surface area contributed by atoms with E-state index >= 15 is 4.39 Å². The monoisotopic (exact) mass is 453 g/mol. The van der Waals surface area contributed by atoms with Crippen LogP contribution in [0.3, 0.4) is 0 Å². The molecule has 3 aromatic rings. The molecule has 33 heavy (non-hydrogen) atoms. The van der Waals surface area contributed by atoms with Gasteiger partial charge in [0.1, 0.15) is 23.3 Å². The Hall–Kier alpha value is -4.08. The first-order chi connectivity index (χ1) is 15.8. The van der Waals surface area contributed by atoms with Crippen molar-refractivity contribution in [2.24, 2.45) is 0 Å². The van der Waals surface area contributed by atoms with E-state index in [0.717, 1.165) is 0 Å². The molecule has 0 bridgehead atoms. The Morgan fingerprint density at radius 3 is 2.76 bits per heavy atom. The molecule has 0 saturated carbocycles. The average molecular weight is 453 g/mol. The van der Waals surface area contributed by atoms with E-state index in [0.29, 0.717) is 11.0 Å². The van der Waals surface area contributed by atoms with Gasteiger partial charge in [-0.05, 0) is 36.8 Å². The lowest BCUT2D eigenvalue weighted by molar-refractivity contribution is -0.136. The first-order valence-electron chi connectivity index (χ1n) is 10.2. The number of benzene rings is 2. The molecule has 0 radical (unpaired) electrons. The molecule has 168 valence electrons. The number of nitrogens with zero attached hydrogens (tertiary/aromatic N) is 1. The van der Waals surface area contributed by atoms with Crippen LogP contribution in [0.15, 0.2) is 40.8 Å². The first-order valence-corrected chi connectivity index (χ1v) is 10.2. The number of carbonyl (C=O) groups is 4. The fourth-order valence-electron chi connectivity index (χ4n) is 4.18. The van der Waals surface area contributed by atoms with Crippen LogP contribution in [0, 0.1) is 11.6 Å². The molecule has 5 rings (SSSR count). The number of fused-ring (bicyclic) bond motifs is 2. The van der Waals surface area contributed by atoms with Crippen LogP contribution in [0.5, 0.6) is 0 Å². The number of hydrogen-bond donors (Lipinski definition) is 2. The largest absolute Gasteiger partial charge is 0.451 e. The zero-order valence-corrected chi connectivity index (χ0v) is 17.1. The highest BCUT2D eigenvalue weighted by Gasteiger charge is 2.40. The molecule has 1 saturated heterocycles. The molecule has 4 amide bonds. The predicted molar refractivity (Wildman–Crippen MR) is 110 cm³/mol. The van der Waals surface area contributed by atoms with E-state index in [2.05, 4.69) is 10.6 Å². The van der Waals surface area contributed by atoms with Crippen molar-refractivity contribution in [1.82, 2.24) is 15.5 Å². The third-order valence-corrected chi connectivity index (χ3v) is 5.87. The molecule has 2 aromatic carbocycles. The van der Waals surface area contributed by atoms with Crippen LogP contribution < -0.4 is 10.6 Å². The van der Waals surface area contributed by atoms with Crippen LogP contribution in [0.25, 0.3) is 11.0 Å². The third-order valence-electron chi connectivity index (χ3n) is 5.87. The minimum atomic E-state index is -0.844. The summed E-state index contributed by atoms with van der Waals surface area (Å²) < 4.78 is 33.9. The highest BCUT2D eigenvalue weighted by molar-refractivity contribution is 6.05. The Bertz CT molecular complexity index is 1350. The lowest BCUT2D eigenvalue weighted by atomic mass is 10.0. The van der Waals surface area contributed by atoms with Crippen molar-refractivity contribution in [2.45, 2.75) is 32.0 Å². The van der Waals surface area contributed by atoms with Gasteiger partial charge in [-0.1, -0.05) is 6.07 Å². The SMILES string of the molecule is O=C1CCC(N2Cc3c(ccc(CNC(=O)c4cc5cc(F)ccc5o4)c3F)C2=O)C(=O)N1. The lowest BCUT2D eigenvalue weighted by Gasteiger charge is -2.29. The standard InChI is InChI=1S/C23H17F2N3O5/c24-13-2-5-17-12(7-13)8-18(33-17)22(31)26-9-11-1-3-14-15(20(11)25)10-28(23(14)32)16-4-6-19(29)27-21(16)30/h1-3,5,7-8,16H,4,6,9-10H2,(H,26,31)(H,27,29,30). The van der Waals surface area contributed by atoms with Crippen molar-refractivity contribution in [2.75, 3.05) is 0 Å². The Morgan fingerprint density at radius 1 is 1.15 bits per heavy atom. The van der Waals surface area contributed by atoms with Gasteiger partial charge in [0.05, 0.1) is 6.54 Å². The minimum absolute atomic E-state index is 0.0450. The van der Waals surface area contributed by atoms with E-state index in [1.807, 2.05) is 0 Å². The molecule has 1 atom stereocenters. The van der Waals surface area contributed by atoms with E-state index in [9.17, 15) is 23.6 Å². The summed E-state index contributed by atoms with van der Waals surface area (Å²) >= 11 is 0. The molecular weight excluding hydrogens is 436 g/mol. The van der Waals surface area contributed by atoms with Crippen molar-refractivity contribution >= 4 is 34.6 Å². The van der Waals surface area contributed by atoms with E-state index in [4.69, 9.17) is 4.42 Å². The number of furan rings is 1. The summed E-state index contributed by atoms with van der Waals surface area (Å²) in [7, 11) is 0. The van der Waals surface area contributed by atoms with E-state index in [-0.39, 0.29) is 48.4 Å². The molecule has 0 spiro atoms. The Kier molecular flexibility index (Phi) is 4.92. The molecule has 0 aliphatic carbocycles. The third kappa shape index (κ3) is 3.63. The number of rotatable bonds is 4. The van der Waals surface area contributed by atoms with Crippen LogP contribution >= 0.6 is 0 Å². The van der Waals surface area contributed by atoms with E-state index in [1.165, 1.54) is 41.3 Å². The van der Waals surface area contributed by atoms with Crippen molar-refractivity contribution in [3.63, 3.8) is 0 Å². The van der Waals surface area contributed by atoms with Gasteiger partial charge in [-0.2, -0.15) is 0 Å². The normalized spacial score (nSPS) is 17.9. The van der Waals surface area contributed by atoms with Gasteiger partial charge in [-0.25, -0.2) is 8.78 Å². The van der Waals surface area contributed by atoms with Crippen LogP contribution in [0.4, 0.5) is 8.78 Å².